The standard InChI is InChI=1S/C16H13FN2O/c1-10-2-5-13(17)16(8-10)20-15-6-7-19-14-9-11(18)3-4-12(14)15/h2-9H,18H2,1H3. The van der Waals surface area contributed by atoms with Crippen LogP contribution in [0, 0.1) is 12.7 Å². The molecule has 0 spiro atoms. The van der Waals surface area contributed by atoms with Crippen molar-refractivity contribution in [2.24, 2.45) is 0 Å². The Morgan fingerprint density at radius 3 is 2.75 bits per heavy atom. The number of aromatic nitrogens is 1. The summed E-state index contributed by atoms with van der Waals surface area (Å²) in [5, 5.41) is 0.794. The lowest BCUT2D eigenvalue weighted by molar-refractivity contribution is 0.445. The number of nitrogens with zero attached hydrogens (tertiary/aromatic N) is 1. The molecule has 0 unspecified atom stereocenters. The lowest BCUT2D eigenvalue weighted by Crippen LogP contribution is -1.92. The largest absolute Gasteiger partial charge is 0.454 e. The van der Waals surface area contributed by atoms with Crippen molar-refractivity contribution in [3.8, 4) is 11.5 Å². The molecule has 0 aliphatic carbocycles. The highest BCUT2D eigenvalue weighted by molar-refractivity contribution is 5.87. The number of halogens is 1. The van der Waals surface area contributed by atoms with Crippen LogP contribution in [-0.2, 0) is 0 Å². The predicted molar refractivity (Wildman–Crippen MR) is 77.4 cm³/mol. The van der Waals surface area contributed by atoms with E-state index in [1.54, 1.807) is 36.5 Å². The molecule has 0 aliphatic rings. The Morgan fingerprint density at radius 1 is 1.05 bits per heavy atom. The Morgan fingerprint density at radius 2 is 1.90 bits per heavy atom. The number of ether oxygens (including phenoxy) is 1. The van der Waals surface area contributed by atoms with E-state index in [9.17, 15) is 4.39 Å². The van der Waals surface area contributed by atoms with Crippen molar-refractivity contribution in [2.75, 3.05) is 5.73 Å². The fraction of sp³-hybridized carbons (Fsp3) is 0.0625. The van der Waals surface area contributed by atoms with Gasteiger partial charge in [0.05, 0.1) is 5.52 Å². The fourth-order valence-electron chi connectivity index (χ4n) is 2.04. The highest BCUT2D eigenvalue weighted by Crippen LogP contribution is 2.31. The van der Waals surface area contributed by atoms with Crippen LogP contribution in [0.1, 0.15) is 5.56 Å². The zero-order valence-corrected chi connectivity index (χ0v) is 10.9. The van der Waals surface area contributed by atoms with E-state index >= 15 is 0 Å². The average Bonchev–Trinajstić information content (AvgIpc) is 2.43. The highest BCUT2D eigenvalue weighted by Gasteiger charge is 2.08. The van der Waals surface area contributed by atoms with Gasteiger partial charge in [-0.3, -0.25) is 4.98 Å². The zero-order valence-electron chi connectivity index (χ0n) is 10.9. The first-order valence-electron chi connectivity index (χ1n) is 6.22. The van der Waals surface area contributed by atoms with E-state index < -0.39 is 5.82 Å². The zero-order chi connectivity index (χ0) is 14.1. The molecule has 20 heavy (non-hydrogen) atoms. The minimum atomic E-state index is -0.393. The van der Waals surface area contributed by atoms with E-state index in [1.807, 2.05) is 13.0 Å². The van der Waals surface area contributed by atoms with Crippen molar-refractivity contribution in [3.05, 3.63) is 60.0 Å². The molecule has 2 aromatic carbocycles. The molecule has 4 heteroatoms. The fourth-order valence-corrected chi connectivity index (χ4v) is 2.04. The van der Waals surface area contributed by atoms with Crippen molar-refractivity contribution in [1.29, 1.82) is 0 Å². The number of rotatable bonds is 2. The SMILES string of the molecule is Cc1ccc(F)c(Oc2ccnc3cc(N)ccc23)c1. The van der Waals surface area contributed by atoms with E-state index in [0.29, 0.717) is 11.4 Å². The van der Waals surface area contributed by atoms with Crippen LogP contribution in [0.3, 0.4) is 0 Å². The lowest BCUT2D eigenvalue weighted by atomic mass is 10.2. The summed E-state index contributed by atoms with van der Waals surface area (Å²) >= 11 is 0. The van der Waals surface area contributed by atoms with Crippen molar-refractivity contribution in [3.63, 3.8) is 0 Å². The van der Waals surface area contributed by atoms with Gasteiger partial charge in [-0.2, -0.15) is 0 Å². The van der Waals surface area contributed by atoms with Crippen LogP contribution >= 0.6 is 0 Å². The van der Waals surface area contributed by atoms with Crippen LogP contribution in [0.25, 0.3) is 10.9 Å². The molecule has 0 bridgehead atoms. The molecule has 3 rings (SSSR count). The van der Waals surface area contributed by atoms with Crippen molar-refractivity contribution >= 4 is 16.6 Å². The highest BCUT2D eigenvalue weighted by atomic mass is 19.1. The van der Waals surface area contributed by atoms with Gasteiger partial charge in [0.2, 0.25) is 0 Å². The van der Waals surface area contributed by atoms with Gasteiger partial charge in [0.15, 0.2) is 11.6 Å². The first-order chi connectivity index (χ1) is 9.63. The molecule has 0 aliphatic heterocycles. The van der Waals surface area contributed by atoms with Crippen LogP contribution < -0.4 is 10.5 Å². The van der Waals surface area contributed by atoms with Crippen LogP contribution in [-0.4, -0.2) is 4.98 Å². The number of nitrogen functional groups attached to an aromatic ring is 1. The van der Waals surface area contributed by atoms with E-state index in [2.05, 4.69) is 4.98 Å². The second kappa shape index (κ2) is 4.81. The molecular formula is C16H13FN2O. The summed E-state index contributed by atoms with van der Waals surface area (Å²) in [7, 11) is 0. The maximum Gasteiger partial charge on any atom is 0.165 e. The van der Waals surface area contributed by atoms with Gasteiger partial charge in [0.1, 0.15) is 5.75 Å². The Labute approximate surface area is 115 Å². The van der Waals surface area contributed by atoms with Crippen LogP contribution in [0.4, 0.5) is 10.1 Å². The molecular weight excluding hydrogens is 255 g/mol. The van der Waals surface area contributed by atoms with Gasteiger partial charge in [-0.15, -0.1) is 0 Å². The Balaban J connectivity index is 2.09. The number of anilines is 1. The van der Waals surface area contributed by atoms with Gasteiger partial charge in [-0.1, -0.05) is 6.07 Å². The summed E-state index contributed by atoms with van der Waals surface area (Å²) in [6.07, 6.45) is 1.62. The van der Waals surface area contributed by atoms with Crippen molar-refractivity contribution < 1.29 is 9.13 Å². The normalized spacial score (nSPS) is 10.7. The van der Waals surface area contributed by atoms with E-state index in [-0.39, 0.29) is 5.75 Å². The number of pyridine rings is 1. The second-order valence-electron chi connectivity index (χ2n) is 4.62. The first kappa shape index (κ1) is 12.4. The van der Waals surface area contributed by atoms with Gasteiger partial charge in [0, 0.05) is 17.3 Å². The number of fused-ring (bicyclic) bond motifs is 1. The third kappa shape index (κ3) is 2.28. The third-order valence-corrected chi connectivity index (χ3v) is 3.03. The molecule has 0 radical (unpaired) electrons. The minimum absolute atomic E-state index is 0.203. The molecule has 0 saturated heterocycles. The molecule has 3 nitrogen and oxygen atoms in total. The maximum absolute atomic E-state index is 13.8. The van der Waals surface area contributed by atoms with Crippen molar-refractivity contribution in [2.45, 2.75) is 6.92 Å². The molecule has 1 aromatic heterocycles. The van der Waals surface area contributed by atoms with Gasteiger partial charge < -0.3 is 10.5 Å². The van der Waals surface area contributed by atoms with Gasteiger partial charge in [-0.05, 0) is 48.9 Å². The molecule has 3 aromatic rings. The lowest BCUT2D eigenvalue weighted by Gasteiger charge is -2.10. The molecule has 2 N–H and O–H groups in total. The Kier molecular flexibility index (Phi) is 2.99. The summed E-state index contributed by atoms with van der Waals surface area (Å²) in [6, 6.07) is 11.8. The molecule has 0 amide bonds. The third-order valence-electron chi connectivity index (χ3n) is 3.03. The second-order valence-corrected chi connectivity index (χ2v) is 4.62. The monoisotopic (exact) mass is 268 g/mol. The van der Waals surface area contributed by atoms with Crippen molar-refractivity contribution in [1.82, 2.24) is 4.98 Å². The van der Waals surface area contributed by atoms with Gasteiger partial charge in [0.25, 0.3) is 0 Å². The smallest absolute Gasteiger partial charge is 0.165 e. The molecule has 0 fully saturated rings. The number of benzene rings is 2. The number of nitrogens with two attached hydrogens (primary N) is 1. The Bertz CT molecular complexity index is 787. The molecule has 1 heterocycles. The summed E-state index contributed by atoms with van der Waals surface area (Å²) in [5.74, 6) is 0.366. The van der Waals surface area contributed by atoms with Gasteiger partial charge >= 0.3 is 0 Å². The number of hydrogen-bond donors (Lipinski definition) is 1. The Hall–Kier alpha value is -2.62. The first-order valence-corrected chi connectivity index (χ1v) is 6.22. The van der Waals surface area contributed by atoms with E-state index in [1.165, 1.54) is 6.07 Å². The van der Waals surface area contributed by atoms with Crippen LogP contribution in [0.15, 0.2) is 48.7 Å². The summed E-state index contributed by atoms with van der Waals surface area (Å²) in [5.41, 5.74) is 8.01. The molecule has 100 valence electrons. The molecule has 0 atom stereocenters. The summed E-state index contributed by atoms with van der Waals surface area (Å²) in [4.78, 5) is 4.23. The minimum Gasteiger partial charge on any atom is -0.454 e. The summed E-state index contributed by atoms with van der Waals surface area (Å²) in [6.45, 7) is 1.89. The predicted octanol–water partition coefficient (Wildman–Crippen LogP) is 4.06. The number of hydrogen-bond acceptors (Lipinski definition) is 3. The summed E-state index contributed by atoms with van der Waals surface area (Å²) < 4.78 is 19.4. The maximum atomic E-state index is 13.8. The van der Waals surface area contributed by atoms with E-state index in [4.69, 9.17) is 10.5 Å². The van der Waals surface area contributed by atoms with Crippen LogP contribution in [0.2, 0.25) is 0 Å². The number of aryl methyl sites for hydroxylation is 1. The molecule has 0 saturated carbocycles. The van der Waals surface area contributed by atoms with Crippen LogP contribution in [0.5, 0.6) is 11.5 Å². The van der Waals surface area contributed by atoms with E-state index in [0.717, 1.165) is 16.5 Å². The average molecular weight is 268 g/mol. The van der Waals surface area contributed by atoms with Gasteiger partial charge in [-0.25, -0.2) is 4.39 Å². The quantitative estimate of drug-likeness (QED) is 0.713. The topological polar surface area (TPSA) is 48.1 Å².